The molecule has 0 spiro atoms. The van der Waals surface area contributed by atoms with E-state index in [0.717, 1.165) is 37.9 Å². The first-order valence-corrected chi connectivity index (χ1v) is 9.89. The number of amides is 2. The summed E-state index contributed by atoms with van der Waals surface area (Å²) in [4.78, 5) is 29.2. The zero-order valence-corrected chi connectivity index (χ0v) is 16.4. The van der Waals surface area contributed by atoms with Crippen LogP contribution in [0.1, 0.15) is 38.7 Å². The van der Waals surface area contributed by atoms with Gasteiger partial charge in [-0.05, 0) is 43.9 Å². The molecule has 6 heteroatoms. The summed E-state index contributed by atoms with van der Waals surface area (Å²) in [6.07, 6.45) is 2.75. The van der Waals surface area contributed by atoms with Crippen molar-refractivity contribution >= 4 is 23.4 Å². The molecule has 0 radical (unpaired) electrons. The van der Waals surface area contributed by atoms with E-state index >= 15 is 0 Å². The number of nitrogens with zero attached hydrogens (tertiary/aromatic N) is 2. The first-order chi connectivity index (χ1) is 12.4. The van der Waals surface area contributed by atoms with Gasteiger partial charge in [-0.15, -0.1) is 0 Å². The van der Waals surface area contributed by atoms with Gasteiger partial charge in [-0.1, -0.05) is 30.7 Å². The van der Waals surface area contributed by atoms with Crippen LogP contribution in [-0.2, 0) is 15.0 Å². The molecule has 2 fully saturated rings. The second kappa shape index (κ2) is 7.97. The van der Waals surface area contributed by atoms with Gasteiger partial charge in [0.15, 0.2) is 0 Å². The van der Waals surface area contributed by atoms with Gasteiger partial charge in [0.05, 0.1) is 12.0 Å². The van der Waals surface area contributed by atoms with Crippen LogP contribution in [0.5, 0.6) is 0 Å². The molecule has 1 atom stereocenters. The summed E-state index contributed by atoms with van der Waals surface area (Å²) in [5.74, 6) is 0.294. The highest BCUT2D eigenvalue weighted by Gasteiger charge is 2.53. The van der Waals surface area contributed by atoms with Crippen molar-refractivity contribution in [2.75, 3.05) is 32.7 Å². The summed E-state index contributed by atoms with van der Waals surface area (Å²) >= 11 is 5.98. The molecule has 142 valence electrons. The Kier molecular flexibility index (Phi) is 5.88. The van der Waals surface area contributed by atoms with Crippen LogP contribution in [0.2, 0.25) is 5.02 Å². The van der Waals surface area contributed by atoms with Gasteiger partial charge in [0.1, 0.15) is 0 Å². The first-order valence-electron chi connectivity index (χ1n) is 9.52. The highest BCUT2D eigenvalue weighted by molar-refractivity contribution is 6.30. The largest absolute Gasteiger partial charge is 0.353 e. The van der Waals surface area contributed by atoms with E-state index in [1.54, 1.807) is 0 Å². The van der Waals surface area contributed by atoms with Crippen LogP contribution in [-0.4, -0.2) is 60.4 Å². The van der Waals surface area contributed by atoms with Crippen molar-refractivity contribution < 1.29 is 9.59 Å². The molecule has 26 heavy (non-hydrogen) atoms. The predicted octanol–water partition coefficient (Wildman–Crippen LogP) is 2.43. The van der Waals surface area contributed by atoms with E-state index in [2.05, 4.69) is 17.1 Å². The fraction of sp³-hybridized carbons (Fsp3) is 0.600. The number of piperazine rings is 1. The number of benzene rings is 1. The molecule has 1 aromatic rings. The molecule has 2 aliphatic rings. The van der Waals surface area contributed by atoms with E-state index in [1.807, 2.05) is 36.1 Å². The molecule has 1 N–H and O–H groups in total. The molecular formula is C20H28ClN3O2. The van der Waals surface area contributed by atoms with E-state index in [-0.39, 0.29) is 23.3 Å². The SMILES string of the molecule is CCC(C)NC(=O)CN1CCN(C(=O)C2(c3ccc(Cl)cc3)CC2)CC1. The van der Waals surface area contributed by atoms with E-state index in [9.17, 15) is 9.59 Å². The number of rotatable bonds is 6. The summed E-state index contributed by atoms with van der Waals surface area (Å²) in [5, 5.41) is 3.69. The van der Waals surface area contributed by atoms with Crippen molar-refractivity contribution in [3.05, 3.63) is 34.9 Å². The third-order valence-electron chi connectivity index (χ3n) is 5.60. The van der Waals surface area contributed by atoms with Crippen LogP contribution in [0.4, 0.5) is 0 Å². The lowest BCUT2D eigenvalue weighted by molar-refractivity contribution is -0.136. The fourth-order valence-corrected chi connectivity index (χ4v) is 3.68. The molecule has 1 unspecified atom stereocenters. The standard InChI is InChI=1S/C20H28ClN3O2/c1-3-15(2)22-18(25)14-23-10-12-24(13-11-23)19(26)20(8-9-20)16-4-6-17(21)7-5-16/h4-7,15H,3,8-14H2,1-2H3,(H,22,25). The lowest BCUT2D eigenvalue weighted by Gasteiger charge is -2.36. The van der Waals surface area contributed by atoms with Gasteiger partial charge in [0.25, 0.3) is 0 Å². The maximum atomic E-state index is 13.1. The molecule has 1 heterocycles. The van der Waals surface area contributed by atoms with Gasteiger partial charge < -0.3 is 10.2 Å². The Hall–Kier alpha value is -1.59. The van der Waals surface area contributed by atoms with Crippen molar-refractivity contribution in [1.29, 1.82) is 0 Å². The molecule has 1 aliphatic carbocycles. The van der Waals surface area contributed by atoms with E-state index in [4.69, 9.17) is 11.6 Å². The molecular weight excluding hydrogens is 350 g/mol. The number of carbonyl (C=O) groups excluding carboxylic acids is 2. The maximum absolute atomic E-state index is 13.1. The molecule has 1 saturated carbocycles. The average molecular weight is 378 g/mol. The molecule has 0 aromatic heterocycles. The van der Waals surface area contributed by atoms with Crippen LogP contribution >= 0.6 is 11.6 Å². The Morgan fingerprint density at radius 1 is 1.15 bits per heavy atom. The predicted molar refractivity (Wildman–Crippen MR) is 103 cm³/mol. The molecule has 2 amide bonds. The van der Waals surface area contributed by atoms with E-state index in [0.29, 0.717) is 24.7 Å². The van der Waals surface area contributed by atoms with Crippen molar-refractivity contribution in [3.8, 4) is 0 Å². The summed E-state index contributed by atoms with van der Waals surface area (Å²) in [7, 11) is 0. The molecule has 1 aromatic carbocycles. The van der Waals surface area contributed by atoms with Crippen LogP contribution in [0.25, 0.3) is 0 Å². The number of carbonyl (C=O) groups is 2. The lowest BCUT2D eigenvalue weighted by Crippen LogP contribution is -2.53. The first kappa shape index (κ1) is 19.2. The van der Waals surface area contributed by atoms with Crippen molar-refractivity contribution in [3.63, 3.8) is 0 Å². The zero-order valence-electron chi connectivity index (χ0n) is 15.6. The van der Waals surface area contributed by atoms with Crippen molar-refractivity contribution in [2.45, 2.75) is 44.6 Å². The number of halogens is 1. The summed E-state index contributed by atoms with van der Waals surface area (Å²) in [6.45, 7) is 7.35. The number of hydrogen-bond acceptors (Lipinski definition) is 3. The Labute approximate surface area is 160 Å². The molecule has 1 aliphatic heterocycles. The van der Waals surface area contributed by atoms with Crippen molar-refractivity contribution in [2.24, 2.45) is 0 Å². The van der Waals surface area contributed by atoms with Gasteiger partial charge in [-0.2, -0.15) is 0 Å². The average Bonchev–Trinajstić information content (AvgIpc) is 3.44. The molecule has 1 saturated heterocycles. The van der Waals surface area contributed by atoms with Gasteiger partial charge in [0.2, 0.25) is 11.8 Å². The van der Waals surface area contributed by atoms with Gasteiger partial charge in [0, 0.05) is 37.2 Å². The number of nitrogens with one attached hydrogen (secondary N) is 1. The summed E-state index contributed by atoms with van der Waals surface area (Å²) < 4.78 is 0. The highest BCUT2D eigenvalue weighted by Crippen LogP contribution is 2.49. The van der Waals surface area contributed by atoms with Gasteiger partial charge in [-0.25, -0.2) is 0 Å². The molecule has 3 rings (SSSR count). The van der Waals surface area contributed by atoms with Gasteiger partial charge in [-0.3, -0.25) is 14.5 Å². The summed E-state index contributed by atoms with van der Waals surface area (Å²) in [5.41, 5.74) is 0.725. The normalized spacial score (nSPS) is 20.5. The minimum atomic E-state index is -0.347. The second-order valence-corrected chi connectivity index (χ2v) is 7.97. The smallest absolute Gasteiger partial charge is 0.234 e. The lowest BCUT2D eigenvalue weighted by atomic mass is 9.94. The Morgan fingerprint density at radius 2 is 1.77 bits per heavy atom. The quantitative estimate of drug-likeness (QED) is 0.828. The minimum absolute atomic E-state index is 0.0685. The van der Waals surface area contributed by atoms with Gasteiger partial charge >= 0.3 is 0 Å². The van der Waals surface area contributed by atoms with E-state index in [1.165, 1.54) is 0 Å². The summed E-state index contributed by atoms with van der Waals surface area (Å²) in [6, 6.07) is 7.88. The third kappa shape index (κ3) is 4.21. The maximum Gasteiger partial charge on any atom is 0.234 e. The fourth-order valence-electron chi connectivity index (χ4n) is 3.56. The Morgan fingerprint density at radius 3 is 2.31 bits per heavy atom. The minimum Gasteiger partial charge on any atom is -0.353 e. The molecule has 0 bridgehead atoms. The van der Waals surface area contributed by atoms with E-state index < -0.39 is 0 Å². The van der Waals surface area contributed by atoms with Crippen LogP contribution in [0, 0.1) is 0 Å². The Bertz CT molecular complexity index is 650. The highest BCUT2D eigenvalue weighted by atomic mass is 35.5. The van der Waals surface area contributed by atoms with Crippen molar-refractivity contribution in [1.82, 2.24) is 15.1 Å². The second-order valence-electron chi connectivity index (χ2n) is 7.53. The van der Waals surface area contributed by atoms with Crippen LogP contribution in [0.3, 0.4) is 0 Å². The third-order valence-corrected chi connectivity index (χ3v) is 5.85. The van der Waals surface area contributed by atoms with Crippen LogP contribution in [0.15, 0.2) is 24.3 Å². The van der Waals surface area contributed by atoms with Crippen LogP contribution < -0.4 is 5.32 Å². The zero-order chi connectivity index (χ0) is 18.7. The molecule has 5 nitrogen and oxygen atoms in total. The topological polar surface area (TPSA) is 52.7 Å². The number of hydrogen-bond donors (Lipinski definition) is 1. The monoisotopic (exact) mass is 377 g/mol. The Balaban J connectivity index is 1.52.